The van der Waals surface area contributed by atoms with E-state index < -0.39 is 0 Å². The van der Waals surface area contributed by atoms with E-state index in [2.05, 4.69) is 10.3 Å². The van der Waals surface area contributed by atoms with Gasteiger partial charge in [0.2, 0.25) is 5.91 Å². The molecule has 1 amide bonds. The lowest BCUT2D eigenvalue weighted by atomic mass is 10.2. The molecule has 1 aliphatic heterocycles. The smallest absolute Gasteiger partial charge is 0.230 e. The molecule has 0 fully saturated rings. The van der Waals surface area contributed by atoms with E-state index in [0.29, 0.717) is 47.7 Å². The van der Waals surface area contributed by atoms with Crippen LogP contribution in [-0.4, -0.2) is 24.1 Å². The molecule has 1 aliphatic rings. The summed E-state index contributed by atoms with van der Waals surface area (Å²) in [6.45, 7) is 1.58. The molecule has 0 bridgehead atoms. The second-order valence-corrected chi connectivity index (χ2v) is 7.79. The Kier molecular flexibility index (Phi) is 6.17. The van der Waals surface area contributed by atoms with Crippen LogP contribution in [0.2, 0.25) is 5.02 Å². The minimum absolute atomic E-state index is 0.144. The number of aromatic nitrogens is 1. The summed E-state index contributed by atoms with van der Waals surface area (Å²) < 4.78 is 16.9. The number of rotatable bonds is 6. The number of thiazole rings is 1. The molecule has 0 aliphatic carbocycles. The first-order chi connectivity index (χ1) is 14.2. The van der Waals surface area contributed by atoms with Crippen molar-refractivity contribution in [1.82, 2.24) is 4.98 Å². The molecule has 4 rings (SSSR count). The van der Waals surface area contributed by atoms with Crippen LogP contribution in [0.25, 0.3) is 0 Å². The molecule has 1 N–H and O–H groups in total. The second kappa shape index (κ2) is 9.15. The zero-order valence-corrected chi connectivity index (χ0v) is 17.1. The minimum Gasteiger partial charge on any atom is -0.490 e. The van der Waals surface area contributed by atoms with Gasteiger partial charge in [0.05, 0.1) is 25.3 Å². The maximum absolute atomic E-state index is 12.4. The molecule has 0 spiro atoms. The Labute approximate surface area is 177 Å². The van der Waals surface area contributed by atoms with Gasteiger partial charge in [-0.05, 0) is 36.4 Å². The maximum atomic E-state index is 12.4. The SMILES string of the molecule is O=C(Cc1csc(COc2ccc(Cl)cc2)n1)Nc1ccc2c(c1)OCCCO2. The van der Waals surface area contributed by atoms with Crippen LogP contribution in [0.15, 0.2) is 47.8 Å². The van der Waals surface area contributed by atoms with Crippen molar-refractivity contribution in [3.05, 3.63) is 63.6 Å². The first-order valence-electron chi connectivity index (χ1n) is 9.17. The van der Waals surface area contributed by atoms with Crippen molar-refractivity contribution in [3.63, 3.8) is 0 Å². The first-order valence-corrected chi connectivity index (χ1v) is 10.4. The summed E-state index contributed by atoms with van der Waals surface area (Å²) in [7, 11) is 0. The molecule has 0 radical (unpaired) electrons. The highest BCUT2D eigenvalue weighted by atomic mass is 35.5. The van der Waals surface area contributed by atoms with E-state index in [1.165, 1.54) is 11.3 Å². The topological polar surface area (TPSA) is 69.7 Å². The number of nitrogens with zero attached hydrogens (tertiary/aromatic N) is 1. The molecule has 0 saturated carbocycles. The molecular weight excluding hydrogens is 412 g/mol. The first kappa shape index (κ1) is 19.5. The molecular formula is C21H19ClN2O4S. The molecule has 2 aromatic carbocycles. The van der Waals surface area contributed by atoms with E-state index >= 15 is 0 Å². The van der Waals surface area contributed by atoms with Crippen LogP contribution in [0, 0.1) is 0 Å². The summed E-state index contributed by atoms with van der Waals surface area (Å²) in [4.78, 5) is 16.8. The van der Waals surface area contributed by atoms with Crippen LogP contribution in [-0.2, 0) is 17.8 Å². The Morgan fingerprint density at radius 1 is 1.14 bits per heavy atom. The number of carbonyl (C=O) groups excluding carboxylic acids is 1. The van der Waals surface area contributed by atoms with Crippen LogP contribution in [0.4, 0.5) is 5.69 Å². The monoisotopic (exact) mass is 430 g/mol. The van der Waals surface area contributed by atoms with Gasteiger partial charge in [-0.25, -0.2) is 4.98 Å². The number of carbonyl (C=O) groups is 1. The average molecular weight is 431 g/mol. The largest absolute Gasteiger partial charge is 0.490 e. The summed E-state index contributed by atoms with van der Waals surface area (Å²) in [5.41, 5.74) is 1.37. The molecule has 3 aromatic rings. The van der Waals surface area contributed by atoms with Gasteiger partial charge in [-0.15, -0.1) is 11.3 Å². The Balaban J connectivity index is 1.31. The lowest BCUT2D eigenvalue weighted by molar-refractivity contribution is -0.115. The minimum atomic E-state index is -0.144. The van der Waals surface area contributed by atoms with Crippen LogP contribution in [0.1, 0.15) is 17.1 Å². The van der Waals surface area contributed by atoms with Crippen LogP contribution < -0.4 is 19.5 Å². The van der Waals surface area contributed by atoms with Crippen molar-refractivity contribution >= 4 is 34.5 Å². The standard InChI is InChI=1S/C21H19ClN2O4S/c22-14-2-5-17(6-3-14)28-12-21-24-16(13-29-21)11-20(25)23-15-4-7-18-19(10-15)27-9-1-8-26-18/h2-7,10,13H,1,8-9,11-12H2,(H,23,25). The summed E-state index contributed by atoms with van der Waals surface area (Å²) >= 11 is 7.33. The second-order valence-electron chi connectivity index (χ2n) is 6.41. The van der Waals surface area contributed by atoms with Crippen molar-refractivity contribution in [2.45, 2.75) is 19.4 Å². The number of hydrogen-bond acceptors (Lipinski definition) is 6. The predicted molar refractivity (Wildman–Crippen MR) is 112 cm³/mol. The van der Waals surface area contributed by atoms with Crippen molar-refractivity contribution in [1.29, 1.82) is 0 Å². The summed E-state index contributed by atoms with van der Waals surface area (Å²) in [6.07, 6.45) is 1.02. The third-order valence-electron chi connectivity index (χ3n) is 4.15. The number of anilines is 1. The number of halogens is 1. The number of fused-ring (bicyclic) bond motifs is 1. The molecule has 29 heavy (non-hydrogen) atoms. The van der Waals surface area contributed by atoms with Crippen LogP contribution in [0.3, 0.4) is 0 Å². The van der Waals surface area contributed by atoms with Crippen molar-refractivity contribution < 1.29 is 19.0 Å². The van der Waals surface area contributed by atoms with E-state index in [9.17, 15) is 4.79 Å². The van der Waals surface area contributed by atoms with Gasteiger partial charge in [-0.3, -0.25) is 4.79 Å². The molecule has 0 atom stereocenters. The van der Waals surface area contributed by atoms with Gasteiger partial charge in [0.15, 0.2) is 11.5 Å². The molecule has 8 heteroatoms. The molecule has 0 unspecified atom stereocenters. The van der Waals surface area contributed by atoms with Gasteiger partial charge >= 0.3 is 0 Å². The molecule has 150 valence electrons. The van der Waals surface area contributed by atoms with E-state index in [1.807, 2.05) is 11.4 Å². The van der Waals surface area contributed by atoms with Gasteiger partial charge < -0.3 is 19.5 Å². The van der Waals surface area contributed by atoms with Crippen molar-refractivity contribution in [3.8, 4) is 17.2 Å². The summed E-state index contributed by atoms with van der Waals surface area (Å²) in [6, 6.07) is 12.6. The van der Waals surface area contributed by atoms with Gasteiger partial charge in [0.25, 0.3) is 0 Å². The number of ether oxygens (including phenoxy) is 3. The molecule has 1 aromatic heterocycles. The lowest BCUT2D eigenvalue weighted by Gasteiger charge is -2.10. The van der Waals surface area contributed by atoms with Gasteiger partial charge in [0.1, 0.15) is 17.4 Å². The van der Waals surface area contributed by atoms with Gasteiger partial charge in [-0.2, -0.15) is 0 Å². The fourth-order valence-electron chi connectivity index (χ4n) is 2.78. The zero-order valence-electron chi connectivity index (χ0n) is 15.5. The fraction of sp³-hybridized carbons (Fsp3) is 0.238. The maximum Gasteiger partial charge on any atom is 0.230 e. The summed E-state index contributed by atoms with van der Waals surface area (Å²) in [5.74, 6) is 1.93. The Morgan fingerprint density at radius 2 is 1.93 bits per heavy atom. The molecule has 6 nitrogen and oxygen atoms in total. The lowest BCUT2D eigenvalue weighted by Crippen LogP contribution is -2.14. The number of amides is 1. The average Bonchev–Trinajstić information content (AvgIpc) is 3.02. The fourth-order valence-corrected chi connectivity index (χ4v) is 3.61. The summed E-state index contributed by atoms with van der Waals surface area (Å²) in [5, 5.41) is 6.21. The predicted octanol–water partition coefficient (Wildman–Crippen LogP) is 4.72. The Bertz CT molecular complexity index is 991. The highest BCUT2D eigenvalue weighted by Crippen LogP contribution is 2.32. The third kappa shape index (κ3) is 5.40. The number of benzene rings is 2. The Hall–Kier alpha value is -2.77. The van der Waals surface area contributed by atoms with E-state index in [-0.39, 0.29) is 12.3 Å². The van der Waals surface area contributed by atoms with Gasteiger partial charge in [-0.1, -0.05) is 11.6 Å². The normalized spacial score (nSPS) is 12.9. The van der Waals surface area contributed by atoms with E-state index in [0.717, 1.165) is 17.2 Å². The van der Waals surface area contributed by atoms with Gasteiger partial charge in [0, 0.05) is 28.6 Å². The molecule has 0 saturated heterocycles. The zero-order chi connectivity index (χ0) is 20.1. The van der Waals surface area contributed by atoms with E-state index in [1.54, 1.807) is 36.4 Å². The number of hydrogen-bond donors (Lipinski definition) is 1. The van der Waals surface area contributed by atoms with Crippen molar-refractivity contribution in [2.24, 2.45) is 0 Å². The molecule has 2 heterocycles. The van der Waals surface area contributed by atoms with Crippen molar-refractivity contribution in [2.75, 3.05) is 18.5 Å². The number of nitrogens with one attached hydrogen (secondary N) is 1. The van der Waals surface area contributed by atoms with Crippen LogP contribution >= 0.6 is 22.9 Å². The van der Waals surface area contributed by atoms with E-state index in [4.69, 9.17) is 25.8 Å². The quantitative estimate of drug-likeness (QED) is 0.612. The Morgan fingerprint density at radius 3 is 2.76 bits per heavy atom. The highest BCUT2D eigenvalue weighted by molar-refractivity contribution is 7.09. The third-order valence-corrected chi connectivity index (χ3v) is 5.27. The van der Waals surface area contributed by atoms with Crippen LogP contribution in [0.5, 0.6) is 17.2 Å². The highest BCUT2D eigenvalue weighted by Gasteiger charge is 2.13.